The molecule has 1 saturated carbocycles. The molecule has 4 rings (SSSR count). The summed E-state index contributed by atoms with van der Waals surface area (Å²) >= 11 is 0. The van der Waals surface area contributed by atoms with Gasteiger partial charge in [0.1, 0.15) is 5.82 Å². The maximum atomic E-state index is 13.2. The fraction of sp³-hybridized carbons (Fsp3) is 0.526. The van der Waals surface area contributed by atoms with Gasteiger partial charge < -0.3 is 10.6 Å². The van der Waals surface area contributed by atoms with Crippen LogP contribution < -0.4 is 10.6 Å². The molecule has 146 valence electrons. The molecule has 2 N–H and O–H groups in total. The molecule has 2 heterocycles. The van der Waals surface area contributed by atoms with E-state index < -0.39 is 0 Å². The number of rotatable bonds is 5. The molecule has 1 amide bonds. The highest BCUT2D eigenvalue weighted by Gasteiger charge is 2.31. The second kappa shape index (κ2) is 8.80. The van der Waals surface area contributed by atoms with E-state index in [4.69, 9.17) is 0 Å². The Labute approximate surface area is 164 Å². The van der Waals surface area contributed by atoms with E-state index in [-0.39, 0.29) is 30.2 Å². The number of carbonyl (C=O) groups excluding carboxylic acids is 1. The first-order valence-corrected chi connectivity index (χ1v) is 9.39. The van der Waals surface area contributed by atoms with E-state index in [2.05, 4.69) is 20.9 Å². The van der Waals surface area contributed by atoms with Gasteiger partial charge in [-0.1, -0.05) is 23.8 Å². The maximum Gasteiger partial charge on any atom is 0.273 e. The van der Waals surface area contributed by atoms with E-state index in [1.165, 1.54) is 18.6 Å². The minimum atomic E-state index is -0.266. The van der Waals surface area contributed by atoms with Crippen molar-refractivity contribution in [3.8, 4) is 0 Å². The van der Waals surface area contributed by atoms with Gasteiger partial charge in [-0.2, -0.15) is 0 Å². The average Bonchev–Trinajstić information content (AvgIpc) is 3.11. The molecule has 1 aromatic carbocycles. The summed E-state index contributed by atoms with van der Waals surface area (Å²) in [6.07, 6.45) is 7.04. The van der Waals surface area contributed by atoms with Crippen molar-refractivity contribution in [3.05, 3.63) is 47.5 Å². The zero-order valence-electron chi connectivity index (χ0n) is 15.1. The van der Waals surface area contributed by atoms with Crippen molar-refractivity contribution >= 4 is 18.3 Å². The highest BCUT2D eigenvalue weighted by Crippen LogP contribution is 2.37. The normalized spacial score (nSPS) is 19.0. The number of nitrogens with one attached hydrogen (secondary N) is 2. The van der Waals surface area contributed by atoms with Gasteiger partial charge in [0.05, 0.1) is 18.3 Å². The zero-order chi connectivity index (χ0) is 17.9. The monoisotopic (exact) mass is 393 g/mol. The molecule has 1 aliphatic heterocycles. The molecule has 1 unspecified atom stereocenters. The van der Waals surface area contributed by atoms with Gasteiger partial charge in [0, 0.05) is 0 Å². The second-order valence-corrected chi connectivity index (χ2v) is 7.26. The van der Waals surface area contributed by atoms with E-state index >= 15 is 0 Å². The first kappa shape index (κ1) is 19.8. The van der Waals surface area contributed by atoms with Crippen LogP contribution >= 0.6 is 12.4 Å². The van der Waals surface area contributed by atoms with Crippen molar-refractivity contribution < 1.29 is 9.18 Å². The molecule has 6 nitrogen and oxygen atoms in total. The van der Waals surface area contributed by atoms with Gasteiger partial charge in [0.25, 0.3) is 5.91 Å². The Bertz CT molecular complexity index is 756. The molecule has 1 aliphatic carbocycles. The number of hydrogen-bond donors (Lipinski definition) is 2. The van der Waals surface area contributed by atoms with Gasteiger partial charge in [-0.25, -0.2) is 9.07 Å². The number of amides is 1. The van der Waals surface area contributed by atoms with Crippen molar-refractivity contribution in [1.82, 2.24) is 25.6 Å². The van der Waals surface area contributed by atoms with Gasteiger partial charge in [-0.3, -0.25) is 4.79 Å². The van der Waals surface area contributed by atoms with E-state index in [1.54, 1.807) is 18.3 Å². The predicted octanol–water partition coefficient (Wildman–Crippen LogP) is 3.03. The lowest BCUT2D eigenvalue weighted by Crippen LogP contribution is -2.36. The molecule has 27 heavy (non-hydrogen) atoms. The Kier molecular flexibility index (Phi) is 6.44. The smallest absolute Gasteiger partial charge is 0.273 e. The van der Waals surface area contributed by atoms with Crippen LogP contribution in [-0.4, -0.2) is 34.0 Å². The van der Waals surface area contributed by atoms with Crippen LogP contribution in [0.2, 0.25) is 0 Å². The van der Waals surface area contributed by atoms with Gasteiger partial charge in [-0.15, -0.1) is 17.5 Å². The molecule has 1 saturated heterocycles. The van der Waals surface area contributed by atoms with E-state index in [0.29, 0.717) is 17.7 Å². The molecule has 0 radical (unpaired) electrons. The molecule has 2 aliphatic rings. The Morgan fingerprint density at radius 1 is 1.19 bits per heavy atom. The minimum Gasteiger partial charge on any atom is -0.344 e. The van der Waals surface area contributed by atoms with E-state index in [1.807, 2.05) is 4.68 Å². The third-order valence-corrected chi connectivity index (χ3v) is 5.56. The summed E-state index contributed by atoms with van der Waals surface area (Å²) in [7, 11) is 0. The van der Waals surface area contributed by atoms with Crippen LogP contribution in [0.3, 0.4) is 0 Å². The summed E-state index contributed by atoms with van der Waals surface area (Å²) in [5.41, 5.74) is 1.28. The summed E-state index contributed by atoms with van der Waals surface area (Å²) in [5.74, 6) is -0.0902. The number of halogens is 2. The highest BCUT2D eigenvalue weighted by molar-refractivity contribution is 5.92. The largest absolute Gasteiger partial charge is 0.344 e. The summed E-state index contributed by atoms with van der Waals surface area (Å²) in [4.78, 5) is 12.7. The summed E-state index contributed by atoms with van der Waals surface area (Å²) in [6, 6.07) is 6.58. The van der Waals surface area contributed by atoms with Gasteiger partial charge in [0.2, 0.25) is 0 Å². The third-order valence-electron chi connectivity index (χ3n) is 5.56. The average molecular weight is 394 g/mol. The van der Waals surface area contributed by atoms with Gasteiger partial charge in [-0.05, 0) is 62.4 Å². The lowest BCUT2D eigenvalue weighted by Gasteiger charge is -2.34. The van der Waals surface area contributed by atoms with Crippen LogP contribution in [0.5, 0.6) is 0 Å². The Morgan fingerprint density at radius 2 is 1.89 bits per heavy atom. The molecule has 0 bridgehead atoms. The van der Waals surface area contributed by atoms with Crippen LogP contribution in [0.25, 0.3) is 0 Å². The number of benzene rings is 1. The highest BCUT2D eigenvalue weighted by atomic mass is 35.5. The summed E-state index contributed by atoms with van der Waals surface area (Å²) in [6.45, 7) is 1.92. The van der Waals surface area contributed by atoms with Gasteiger partial charge in [0.15, 0.2) is 5.69 Å². The number of hydrogen-bond acceptors (Lipinski definition) is 4. The number of nitrogens with zero attached hydrogens (tertiary/aromatic N) is 3. The van der Waals surface area contributed by atoms with Crippen LogP contribution in [0.15, 0.2) is 30.5 Å². The predicted molar refractivity (Wildman–Crippen MR) is 102 cm³/mol. The lowest BCUT2D eigenvalue weighted by molar-refractivity contribution is 0.0895. The summed E-state index contributed by atoms with van der Waals surface area (Å²) < 4.78 is 15.1. The lowest BCUT2D eigenvalue weighted by atomic mass is 9.77. The topological polar surface area (TPSA) is 71.8 Å². The second-order valence-electron chi connectivity index (χ2n) is 7.26. The van der Waals surface area contributed by atoms with Crippen molar-refractivity contribution in [2.24, 2.45) is 5.92 Å². The molecule has 0 spiro atoms. The van der Waals surface area contributed by atoms with Crippen LogP contribution in [0.4, 0.5) is 4.39 Å². The standard InChI is InChI=1S/C19H24FN5O.ClH/c20-15-6-4-14(5-7-15)18(13-2-1-3-13)22-19(26)17-12-25(24-23-17)16-8-10-21-11-9-16;/h4-7,12-13,16,18,21H,1-3,8-11H2,(H,22,26);1H. The third kappa shape index (κ3) is 4.47. The Balaban J connectivity index is 0.00000210. The fourth-order valence-corrected chi connectivity index (χ4v) is 3.76. The molecular formula is C19H25ClFN5O. The fourth-order valence-electron chi connectivity index (χ4n) is 3.76. The number of carbonyl (C=O) groups is 1. The minimum absolute atomic E-state index is 0. The van der Waals surface area contributed by atoms with Crippen molar-refractivity contribution in [1.29, 1.82) is 0 Å². The molecule has 1 atom stereocenters. The van der Waals surface area contributed by atoms with Crippen molar-refractivity contribution in [3.63, 3.8) is 0 Å². The van der Waals surface area contributed by atoms with Crippen LogP contribution in [0, 0.1) is 11.7 Å². The van der Waals surface area contributed by atoms with Crippen molar-refractivity contribution in [2.45, 2.75) is 44.2 Å². The molecular weight excluding hydrogens is 369 g/mol. The first-order valence-electron chi connectivity index (χ1n) is 9.39. The summed E-state index contributed by atoms with van der Waals surface area (Å²) in [5, 5.41) is 14.7. The number of aromatic nitrogens is 3. The Morgan fingerprint density at radius 3 is 2.52 bits per heavy atom. The zero-order valence-corrected chi connectivity index (χ0v) is 15.9. The quantitative estimate of drug-likeness (QED) is 0.819. The molecule has 1 aromatic heterocycles. The molecule has 2 fully saturated rings. The first-order chi connectivity index (χ1) is 12.7. The molecule has 8 heteroatoms. The van der Waals surface area contributed by atoms with E-state index in [0.717, 1.165) is 44.3 Å². The molecule has 2 aromatic rings. The van der Waals surface area contributed by atoms with E-state index in [9.17, 15) is 9.18 Å². The van der Waals surface area contributed by atoms with Crippen molar-refractivity contribution in [2.75, 3.05) is 13.1 Å². The number of piperidine rings is 1. The maximum absolute atomic E-state index is 13.2. The van der Waals surface area contributed by atoms with Crippen LogP contribution in [0.1, 0.15) is 60.2 Å². The van der Waals surface area contributed by atoms with Gasteiger partial charge >= 0.3 is 0 Å². The van der Waals surface area contributed by atoms with Crippen LogP contribution in [-0.2, 0) is 0 Å². The SMILES string of the molecule is Cl.O=C(NC(c1ccc(F)cc1)C1CCC1)c1cn(C2CCNCC2)nn1. The Hall–Kier alpha value is -1.99.